The minimum Gasteiger partial charge on any atom is -0.378 e. The fourth-order valence-electron chi connectivity index (χ4n) is 3.64. The van der Waals surface area contributed by atoms with Crippen LogP contribution in [0.25, 0.3) is 0 Å². The molecule has 1 fully saturated rings. The quantitative estimate of drug-likeness (QED) is 0.806. The number of fused-ring (bicyclic) bond motifs is 1. The van der Waals surface area contributed by atoms with Gasteiger partial charge in [0.25, 0.3) is 10.0 Å². The lowest BCUT2D eigenvalue weighted by Crippen LogP contribution is -2.53. The first kappa shape index (κ1) is 20.2. The SMILES string of the molecule is CN(C)c1ccc(CNC(=O)N2CCN(C3=NS(=O)(=O)c4ccccc43)CC2)cc1. The van der Waals surface area contributed by atoms with Crippen LogP contribution in [0.5, 0.6) is 0 Å². The summed E-state index contributed by atoms with van der Waals surface area (Å²) in [7, 11) is 0.344. The minimum absolute atomic E-state index is 0.118. The third-order valence-electron chi connectivity index (χ3n) is 5.38. The van der Waals surface area contributed by atoms with Crippen LogP contribution in [-0.2, 0) is 16.6 Å². The van der Waals surface area contributed by atoms with Gasteiger partial charge in [0.15, 0.2) is 5.84 Å². The second-order valence-corrected chi connectivity index (χ2v) is 9.15. The topological polar surface area (TPSA) is 85.3 Å². The van der Waals surface area contributed by atoms with Gasteiger partial charge in [0.05, 0.1) is 0 Å². The number of piperazine rings is 1. The van der Waals surface area contributed by atoms with Crippen molar-refractivity contribution in [1.82, 2.24) is 15.1 Å². The van der Waals surface area contributed by atoms with Crippen LogP contribution in [0.2, 0.25) is 0 Å². The summed E-state index contributed by atoms with van der Waals surface area (Å²) < 4.78 is 28.5. The first-order chi connectivity index (χ1) is 14.3. The largest absolute Gasteiger partial charge is 0.378 e. The lowest BCUT2D eigenvalue weighted by molar-refractivity contribution is 0.169. The van der Waals surface area contributed by atoms with Crippen LogP contribution in [-0.4, -0.2) is 70.4 Å². The number of amides is 2. The van der Waals surface area contributed by atoms with Crippen molar-refractivity contribution in [2.24, 2.45) is 4.40 Å². The zero-order valence-electron chi connectivity index (χ0n) is 17.1. The van der Waals surface area contributed by atoms with Crippen molar-refractivity contribution >= 4 is 27.6 Å². The highest BCUT2D eigenvalue weighted by atomic mass is 32.2. The van der Waals surface area contributed by atoms with Gasteiger partial charge >= 0.3 is 6.03 Å². The van der Waals surface area contributed by atoms with E-state index in [0.717, 1.165) is 11.3 Å². The normalized spacial score (nSPS) is 17.3. The number of sulfonamides is 1. The Hall–Kier alpha value is -3.07. The number of benzene rings is 2. The Kier molecular flexibility index (Phi) is 5.38. The standard InChI is InChI=1S/C21H25N5O3S/c1-24(2)17-9-7-16(8-10-17)15-22-21(27)26-13-11-25(12-14-26)20-18-5-3-4-6-19(18)30(28,29)23-20/h3-10H,11-15H2,1-2H3,(H,22,27). The molecule has 9 heteroatoms. The molecule has 2 aliphatic rings. The van der Waals surface area contributed by atoms with Gasteiger partial charge in [-0.05, 0) is 29.8 Å². The predicted molar refractivity (Wildman–Crippen MR) is 116 cm³/mol. The van der Waals surface area contributed by atoms with E-state index in [4.69, 9.17) is 0 Å². The summed E-state index contributed by atoms with van der Waals surface area (Å²) in [5.41, 5.74) is 2.78. The molecule has 2 heterocycles. The zero-order valence-corrected chi connectivity index (χ0v) is 17.9. The molecule has 0 saturated carbocycles. The Bertz CT molecular complexity index is 1070. The van der Waals surface area contributed by atoms with E-state index in [1.165, 1.54) is 0 Å². The maximum absolute atomic E-state index is 12.5. The van der Waals surface area contributed by atoms with Crippen molar-refractivity contribution in [2.45, 2.75) is 11.4 Å². The number of anilines is 1. The lowest BCUT2D eigenvalue weighted by atomic mass is 10.1. The van der Waals surface area contributed by atoms with Gasteiger partial charge < -0.3 is 20.0 Å². The van der Waals surface area contributed by atoms with Gasteiger partial charge in [0.2, 0.25) is 0 Å². The molecule has 0 aromatic heterocycles. The number of hydrogen-bond donors (Lipinski definition) is 1. The predicted octanol–water partition coefficient (Wildman–Crippen LogP) is 1.73. The summed E-state index contributed by atoms with van der Waals surface area (Å²) in [6.07, 6.45) is 0. The maximum Gasteiger partial charge on any atom is 0.317 e. The molecule has 2 aromatic carbocycles. The van der Waals surface area contributed by atoms with Crippen molar-refractivity contribution in [3.05, 3.63) is 59.7 Å². The van der Waals surface area contributed by atoms with Gasteiger partial charge in [-0.1, -0.05) is 24.3 Å². The second kappa shape index (κ2) is 7.98. The van der Waals surface area contributed by atoms with E-state index < -0.39 is 10.0 Å². The number of urea groups is 1. The Morgan fingerprint density at radius 2 is 1.70 bits per heavy atom. The average molecular weight is 428 g/mol. The molecule has 0 aliphatic carbocycles. The number of nitrogens with one attached hydrogen (secondary N) is 1. The smallest absolute Gasteiger partial charge is 0.317 e. The minimum atomic E-state index is -3.63. The van der Waals surface area contributed by atoms with Gasteiger partial charge in [-0.2, -0.15) is 8.42 Å². The number of hydrogen-bond acceptors (Lipinski definition) is 5. The number of carbonyl (C=O) groups is 1. The highest BCUT2D eigenvalue weighted by Crippen LogP contribution is 2.27. The van der Waals surface area contributed by atoms with Crippen LogP contribution in [0.1, 0.15) is 11.1 Å². The van der Waals surface area contributed by atoms with E-state index in [-0.39, 0.29) is 10.9 Å². The first-order valence-electron chi connectivity index (χ1n) is 9.83. The fourth-order valence-corrected chi connectivity index (χ4v) is 4.87. The molecule has 2 aromatic rings. The number of amidine groups is 1. The average Bonchev–Trinajstić information content (AvgIpc) is 3.03. The van der Waals surface area contributed by atoms with Crippen LogP contribution in [0.3, 0.4) is 0 Å². The van der Waals surface area contributed by atoms with Crippen molar-refractivity contribution in [3.63, 3.8) is 0 Å². The molecule has 4 rings (SSSR count). The van der Waals surface area contributed by atoms with Gasteiger partial charge in [0, 0.05) is 58.1 Å². The summed E-state index contributed by atoms with van der Waals surface area (Å²) in [4.78, 5) is 18.5. The molecule has 158 valence electrons. The monoisotopic (exact) mass is 427 g/mol. The van der Waals surface area contributed by atoms with Gasteiger partial charge in [-0.25, -0.2) is 4.79 Å². The van der Waals surface area contributed by atoms with Crippen LogP contribution in [0, 0.1) is 0 Å². The highest BCUT2D eigenvalue weighted by Gasteiger charge is 2.33. The van der Waals surface area contributed by atoms with Crippen LogP contribution in [0.4, 0.5) is 10.5 Å². The summed E-state index contributed by atoms with van der Waals surface area (Å²) in [5.74, 6) is 0.478. The zero-order chi connectivity index (χ0) is 21.3. The summed E-state index contributed by atoms with van der Waals surface area (Å²) in [5, 5.41) is 2.96. The second-order valence-electron chi connectivity index (χ2n) is 7.58. The molecule has 30 heavy (non-hydrogen) atoms. The van der Waals surface area contributed by atoms with Crippen LogP contribution < -0.4 is 10.2 Å². The van der Waals surface area contributed by atoms with Gasteiger partial charge in [-0.15, -0.1) is 4.40 Å². The van der Waals surface area contributed by atoms with E-state index >= 15 is 0 Å². The van der Waals surface area contributed by atoms with Crippen molar-refractivity contribution < 1.29 is 13.2 Å². The van der Waals surface area contributed by atoms with E-state index in [1.807, 2.05) is 54.2 Å². The van der Waals surface area contributed by atoms with Gasteiger partial charge in [0.1, 0.15) is 4.90 Å². The van der Waals surface area contributed by atoms with Crippen molar-refractivity contribution in [3.8, 4) is 0 Å². The third-order valence-corrected chi connectivity index (χ3v) is 6.70. The number of rotatable bonds is 3. The lowest BCUT2D eigenvalue weighted by Gasteiger charge is -2.35. The van der Waals surface area contributed by atoms with E-state index in [1.54, 1.807) is 23.1 Å². The third kappa shape index (κ3) is 3.97. The number of nitrogens with zero attached hydrogens (tertiary/aromatic N) is 4. The molecule has 0 radical (unpaired) electrons. The molecular weight excluding hydrogens is 402 g/mol. The molecule has 1 saturated heterocycles. The van der Waals surface area contributed by atoms with Crippen LogP contribution in [0.15, 0.2) is 57.8 Å². The molecule has 0 unspecified atom stereocenters. The Labute approximate surface area is 176 Å². The van der Waals surface area contributed by atoms with E-state index in [9.17, 15) is 13.2 Å². The Balaban J connectivity index is 1.33. The highest BCUT2D eigenvalue weighted by molar-refractivity contribution is 7.90. The van der Waals surface area contributed by atoms with Crippen molar-refractivity contribution in [2.75, 3.05) is 45.2 Å². The van der Waals surface area contributed by atoms with Crippen LogP contribution >= 0.6 is 0 Å². The van der Waals surface area contributed by atoms with Gasteiger partial charge in [-0.3, -0.25) is 0 Å². The summed E-state index contributed by atoms with van der Waals surface area (Å²) in [6, 6.07) is 14.8. The summed E-state index contributed by atoms with van der Waals surface area (Å²) >= 11 is 0. The fraction of sp³-hybridized carbons (Fsp3) is 0.333. The molecule has 2 aliphatic heterocycles. The Morgan fingerprint density at radius 1 is 1.03 bits per heavy atom. The van der Waals surface area contributed by atoms with Crippen molar-refractivity contribution in [1.29, 1.82) is 0 Å². The van der Waals surface area contributed by atoms with E-state index in [2.05, 4.69) is 9.71 Å². The molecule has 0 spiro atoms. The molecule has 1 N–H and O–H groups in total. The maximum atomic E-state index is 12.5. The molecule has 8 nitrogen and oxygen atoms in total. The number of carbonyl (C=O) groups excluding carboxylic acids is 1. The van der Waals surface area contributed by atoms with E-state index in [0.29, 0.717) is 44.1 Å². The molecule has 2 amide bonds. The molecule has 0 atom stereocenters. The Morgan fingerprint density at radius 3 is 2.37 bits per heavy atom. The molecular formula is C21H25N5O3S. The summed E-state index contributed by atoms with van der Waals surface area (Å²) in [6.45, 7) is 2.55. The molecule has 0 bridgehead atoms. The first-order valence-corrected chi connectivity index (χ1v) is 11.3.